The van der Waals surface area contributed by atoms with Crippen molar-refractivity contribution in [3.63, 3.8) is 0 Å². The molecule has 0 radical (unpaired) electrons. The van der Waals surface area contributed by atoms with Crippen molar-refractivity contribution in [1.29, 1.82) is 0 Å². The van der Waals surface area contributed by atoms with Crippen LogP contribution >= 0.6 is 0 Å². The zero-order chi connectivity index (χ0) is 11.1. The summed E-state index contributed by atoms with van der Waals surface area (Å²) in [7, 11) is 0. The smallest absolute Gasteiger partial charge is 0.104 e. The van der Waals surface area contributed by atoms with E-state index in [1.165, 1.54) is 12.8 Å². The van der Waals surface area contributed by atoms with Crippen LogP contribution in [0.4, 0.5) is 0 Å². The largest absolute Gasteiger partial charge is 0.379 e. The van der Waals surface area contributed by atoms with Gasteiger partial charge in [-0.1, -0.05) is 12.8 Å². The second kappa shape index (κ2) is 7.22. The van der Waals surface area contributed by atoms with E-state index in [1.807, 2.05) is 0 Å². The van der Waals surface area contributed by atoms with Crippen molar-refractivity contribution in [3.05, 3.63) is 0 Å². The monoisotopic (exact) mass is 230 g/mol. The van der Waals surface area contributed by atoms with Crippen molar-refractivity contribution < 1.29 is 18.9 Å². The average Bonchev–Trinajstić information content (AvgIpc) is 3.14. The predicted octanol–water partition coefficient (Wildman–Crippen LogP) is 1.38. The minimum absolute atomic E-state index is 0.401. The van der Waals surface area contributed by atoms with Gasteiger partial charge in [-0.15, -0.1) is 0 Å². The summed E-state index contributed by atoms with van der Waals surface area (Å²) in [6.07, 6.45) is 5.57. The molecule has 2 rings (SSSR count). The van der Waals surface area contributed by atoms with Gasteiger partial charge in [-0.2, -0.15) is 0 Å². The minimum Gasteiger partial charge on any atom is -0.379 e. The SMILES string of the molecule is C(CCCOC[C@@H]1CO1)CCOCC1CO1. The molecule has 1 unspecified atom stereocenters. The van der Waals surface area contributed by atoms with E-state index in [9.17, 15) is 0 Å². The van der Waals surface area contributed by atoms with Gasteiger partial charge in [-0.3, -0.25) is 0 Å². The van der Waals surface area contributed by atoms with Gasteiger partial charge in [-0.25, -0.2) is 0 Å². The van der Waals surface area contributed by atoms with Gasteiger partial charge in [0.25, 0.3) is 0 Å². The molecule has 0 aromatic rings. The highest BCUT2D eigenvalue weighted by molar-refractivity contribution is 4.67. The maximum absolute atomic E-state index is 5.45. The lowest BCUT2D eigenvalue weighted by Crippen LogP contribution is -2.04. The summed E-state index contributed by atoms with van der Waals surface area (Å²) < 4.78 is 21.0. The molecule has 0 aromatic carbocycles. The summed E-state index contributed by atoms with van der Waals surface area (Å²) in [4.78, 5) is 0. The Balaban J connectivity index is 1.22. The van der Waals surface area contributed by atoms with Gasteiger partial charge >= 0.3 is 0 Å². The molecular formula is C12H22O4. The first kappa shape index (κ1) is 12.3. The van der Waals surface area contributed by atoms with Crippen LogP contribution in [0.25, 0.3) is 0 Å². The van der Waals surface area contributed by atoms with E-state index < -0.39 is 0 Å². The number of epoxide rings is 2. The zero-order valence-electron chi connectivity index (χ0n) is 9.86. The van der Waals surface area contributed by atoms with Crippen molar-refractivity contribution in [2.24, 2.45) is 0 Å². The molecule has 4 nitrogen and oxygen atoms in total. The third-order valence-electron chi connectivity index (χ3n) is 2.74. The van der Waals surface area contributed by atoms with Crippen LogP contribution in [0.1, 0.15) is 25.7 Å². The molecule has 0 aliphatic carbocycles. The van der Waals surface area contributed by atoms with E-state index in [1.54, 1.807) is 0 Å². The van der Waals surface area contributed by atoms with Crippen LogP contribution in [0.15, 0.2) is 0 Å². The first-order chi connectivity index (χ1) is 7.95. The van der Waals surface area contributed by atoms with E-state index in [2.05, 4.69) is 0 Å². The summed E-state index contributed by atoms with van der Waals surface area (Å²) in [5.41, 5.74) is 0. The third kappa shape index (κ3) is 6.43. The molecule has 16 heavy (non-hydrogen) atoms. The molecule has 0 amide bonds. The highest BCUT2D eigenvalue weighted by Gasteiger charge is 2.22. The quantitative estimate of drug-likeness (QED) is 0.397. The van der Waals surface area contributed by atoms with Crippen LogP contribution in [0, 0.1) is 0 Å². The highest BCUT2D eigenvalue weighted by Crippen LogP contribution is 2.10. The van der Waals surface area contributed by atoms with Gasteiger partial charge < -0.3 is 18.9 Å². The Kier molecular flexibility index (Phi) is 5.55. The first-order valence-corrected chi connectivity index (χ1v) is 6.34. The van der Waals surface area contributed by atoms with Crippen molar-refractivity contribution in [1.82, 2.24) is 0 Å². The van der Waals surface area contributed by atoms with Crippen LogP contribution in [-0.4, -0.2) is 51.8 Å². The predicted molar refractivity (Wildman–Crippen MR) is 59.6 cm³/mol. The Morgan fingerprint density at radius 1 is 0.750 bits per heavy atom. The van der Waals surface area contributed by atoms with Crippen LogP contribution in [0.3, 0.4) is 0 Å². The van der Waals surface area contributed by atoms with Crippen molar-refractivity contribution in [3.8, 4) is 0 Å². The molecule has 2 aliphatic heterocycles. The number of unbranched alkanes of at least 4 members (excludes halogenated alkanes) is 3. The summed E-state index contributed by atoms with van der Waals surface area (Å²) in [6, 6.07) is 0. The Labute approximate surface area is 97.2 Å². The molecule has 0 bridgehead atoms. The molecule has 94 valence electrons. The summed E-state index contributed by atoms with van der Waals surface area (Å²) in [5.74, 6) is 0. The lowest BCUT2D eigenvalue weighted by atomic mass is 10.2. The average molecular weight is 230 g/mol. The Morgan fingerprint density at radius 2 is 1.19 bits per heavy atom. The molecule has 4 heteroatoms. The second-order valence-electron chi connectivity index (χ2n) is 4.47. The summed E-state index contributed by atoms with van der Waals surface area (Å²) in [6.45, 7) is 5.09. The van der Waals surface area contributed by atoms with Gasteiger partial charge in [0.15, 0.2) is 0 Å². The van der Waals surface area contributed by atoms with Gasteiger partial charge in [0, 0.05) is 13.2 Å². The van der Waals surface area contributed by atoms with Crippen LogP contribution in [0.5, 0.6) is 0 Å². The first-order valence-electron chi connectivity index (χ1n) is 6.34. The summed E-state index contributed by atoms with van der Waals surface area (Å²) >= 11 is 0. The number of rotatable bonds is 11. The topological polar surface area (TPSA) is 43.5 Å². The highest BCUT2D eigenvalue weighted by atomic mass is 16.6. The van der Waals surface area contributed by atoms with E-state index >= 15 is 0 Å². The Morgan fingerprint density at radius 3 is 1.56 bits per heavy atom. The fourth-order valence-corrected chi connectivity index (χ4v) is 1.52. The van der Waals surface area contributed by atoms with E-state index in [0.717, 1.165) is 52.5 Å². The molecule has 0 aromatic heterocycles. The van der Waals surface area contributed by atoms with Crippen molar-refractivity contribution >= 4 is 0 Å². The maximum Gasteiger partial charge on any atom is 0.104 e. The molecule has 2 aliphatic rings. The van der Waals surface area contributed by atoms with Gasteiger partial charge in [0.1, 0.15) is 12.2 Å². The lowest BCUT2D eigenvalue weighted by molar-refractivity contribution is 0.105. The lowest BCUT2D eigenvalue weighted by Gasteiger charge is -2.03. The Hall–Kier alpha value is -0.160. The third-order valence-corrected chi connectivity index (χ3v) is 2.74. The van der Waals surface area contributed by atoms with Gasteiger partial charge in [-0.05, 0) is 12.8 Å². The molecule has 0 saturated carbocycles. The van der Waals surface area contributed by atoms with Crippen molar-refractivity contribution in [2.45, 2.75) is 37.9 Å². The number of hydrogen-bond acceptors (Lipinski definition) is 4. The zero-order valence-corrected chi connectivity index (χ0v) is 9.86. The van der Waals surface area contributed by atoms with Crippen molar-refractivity contribution in [2.75, 3.05) is 39.6 Å². The van der Waals surface area contributed by atoms with Crippen LogP contribution in [0.2, 0.25) is 0 Å². The minimum atomic E-state index is 0.401. The fourth-order valence-electron chi connectivity index (χ4n) is 1.52. The standard InChI is InChI=1S/C12H22O4/c1(3-5-13-7-11-9-15-11)2-4-6-14-8-12-10-16-12/h11-12H,1-10H2/t11-,12?/m1/s1. The van der Waals surface area contributed by atoms with Crippen LogP contribution in [-0.2, 0) is 18.9 Å². The summed E-state index contributed by atoms with van der Waals surface area (Å²) in [5, 5.41) is 0. The molecule has 2 atom stereocenters. The fraction of sp³-hybridized carbons (Fsp3) is 1.00. The Bertz CT molecular complexity index is 158. The van der Waals surface area contributed by atoms with Gasteiger partial charge in [0.2, 0.25) is 0 Å². The molecule has 2 fully saturated rings. The van der Waals surface area contributed by atoms with E-state index in [4.69, 9.17) is 18.9 Å². The molecule has 2 heterocycles. The number of ether oxygens (including phenoxy) is 4. The van der Waals surface area contributed by atoms with Crippen LogP contribution < -0.4 is 0 Å². The van der Waals surface area contributed by atoms with E-state index in [-0.39, 0.29) is 0 Å². The molecule has 0 spiro atoms. The molecular weight excluding hydrogens is 208 g/mol. The normalized spacial score (nSPS) is 27.0. The van der Waals surface area contributed by atoms with Gasteiger partial charge in [0.05, 0.1) is 26.4 Å². The molecule has 2 saturated heterocycles. The maximum atomic E-state index is 5.45. The number of hydrogen-bond donors (Lipinski definition) is 0. The second-order valence-corrected chi connectivity index (χ2v) is 4.47. The van der Waals surface area contributed by atoms with E-state index in [0.29, 0.717) is 12.2 Å². The molecule has 0 N–H and O–H groups in total.